The molecule has 0 saturated carbocycles. The molecular formula is C18H32N2O. The van der Waals surface area contributed by atoms with Crippen molar-refractivity contribution in [2.24, 2.45) is 5.41 Å². The third-order valence-electron chi connectivity index (χ3n) is 3.24. The second-order valence-corrected chi connectivity index (χ2v) is 7.41. The molecule has 3 nitrogen and oxygen atoms in total. The molecule has 120 valence electrons. The Morgan fingerprint density at radius 1 is 1.24 bits per heavy atom. The average Bonchev–Trinajstić information content (AvgIpc) is 2.34. The summed E-state index contributed by atoms with van der Waals surface area (Å²) in [5.41, 5.74) is 2.87. The number of nitrogens with one attached hydrogen (secondary N) is 1. The van der Waals surface area contributed by atoms with E-state index in [1.54, 1.807) is 7.11 Å². The molecule has 0 heterocycles. The minimum atomic E-state index is 0.304. The van der Waals surface area contributed by atoms with Crippen LogP contribution in [0.5, 0.6) is 5.75 Å². The SMILES string of the molecule is COc1ccc(CNC(C)C)cc1CN(C)CC(C)(C)C. The summed E-state index contributed by atoms with van der Waals surface area (Å²) in [5, 5.41) is 3.46. The van der Waals surface area contributed by atoms with E-state index in [2.05, 4.69) is 70.1 Å². The lowest BCUT2D eigenvalue weighted by Gasteiger charge is -2.27. The molecule has 0 aromatic heterocycles. The minimum absolute atomic E-state index is 0.304. The van der Waals surface area contributed by atoms with Crippen LogP contribution >= 0.6 is 0 Å². The molecule has 0 radical (unpaired) electrons. The fourth-order valence-electron chi connectivity index (χ4n) is 2.54. The normalized spacial score (nSPS) is 12.2. The van der Waals surface area contributed by atoms with Crippen molar-refractivity contribution >= 4 is 0 Å². The first-order chi connectivity index (χ1) is 9.71. The lowest BCUT2D eigenvalue weighted by Crippen LogP contribution is -2.29. The number of hydrogen-bond acceptors (Lipinski definition) is 3. The summed E-state index contributed by atoms with van der Waals surface area (Å²) in [7, 11) is 3.92. The van der Waals surface area contributed by atoms with Gasteiger partial charge in [0.15, 0.2) is 0 Å². The van der Waals surface area contributed by atoms with Gasteiger partial charge in [-0.05, 0) is 30.2 Å². The summed E-state index contributed by atoms with van der Waals surface area (Å²) in [6, 6.07) is 6.98. The zero-order chi connectivity index (χ0) is 16.0. The Morgan fingerprint density at radius 3 is 2.43 bits per heavy atom. The molecule has 1 N–H and O–H groups in total. The third-order valence-corrected chi connectivity index (χ3v) is 3.24. The molecule has 0 saturated heterocycles. The third kappa shape index (κ3) is 6.96. The molecule has 0 aliphatic rings. The standard InChI is InChI=1S/C18H32N2O/c1-14(2)19-11-15-8-9-17(21-7)16(10-15)12-20(6)13-18(3,4)5/h8-10,14,19H,11-13H2,1-7H3. The molecule has 0 bridgehead atoms. The van der Waals surface area contributed by atoms with E-state index >= 15 is 0 Å². The first-order valence-corrected chi connectivity index (χ1v) is 7.79. The number of benzene rings is 1. The van der Waals surface area contributed by atoms with Crippen LogP contribution in [-0.4, -0.2) is 31.6 Å². The van der Waals surface area contributed by atoms with Gasteiger partial charge in [0, 0.05) is 31.2 Å². The van der Waals surface area contributed by atoms with Crippen molar-refractivity contribution in [2.45, 2.75) is 53.8 Å². The Morgan fingerprint density at radius 2 is 1.90 bits per heavy atom. The van der Waals surface area contributed by atoms with Crippen LogP contribution in [0.3, 0.4) is 0 Å². The Bertz CT molecular complexity index is 435. The van der Waals surface area contributed by atoms with Crippen LogP contribution < -0.4 is 10.1 Å². The highest BCUT2D eigenvalue weighted by molar-refractivity contribution is 5.37. The molecule has 0 unspecified atom stereocenters. The Labute approximate surface area is 130 Å². The van der Waals surface area contributed by atoms with E-state index in [0.29, 0.717) is 11.5 Å². The maximum absolute atomic E-state index is 5.51. The molecule has 1 rings (SSSR count). The summed E-state index contributed by atoms with van der Waals surface area (Å²) in [6.45, 7) is 14.0. The van der Waals surface area contributed by atoms with E-state index in [1.807, 2.05) is 0 Å². The molecule has 0 amide bonds. The summed E-state index contributed by atoms with van der Waals surface area (Å²) in [5.74, 6) is 0.976. The summed E-state index contributed by atoms with van der Waals surface area (Å²) < 4.78 is 5.51. The van der Waals surface area contributed by atoms with Crippen LogP contribution in [0, 0.1) is 5.41 Å². The predicted molar refractivity (Wildman–Crippen MR) is 90.8 cm³/mol. The van der Waals surface area contributed by atoms with Gasteiger partial charge >= 0.3 is 0 Å². The molecule has 0 aliphatic heterocycles. The average molecular weight is 292 g/mol. The number of ether oxygens (including phenoxy) is 1. The van der Waals surface area contributed by atoms with E-state index < -0.39 is 0 Å². The van der Waals surface area contributed by atoms with Gasteiger partial charge in [0.25, 0.3) is 0 Å². The van der Waals surface area contributed by atoms with Crippen LogP contribution in [0.25, 0.3) is 0 Å². The number of hydrogen-bond donors (Lipinski definition) is 1. The van der Waals surface area contributed by atoms with Gasteiger partial charge in [-0.1, -0.05) is 40.7 Å². The fourth-order valence-corrected chi connectivity index (χ4v) is 2.54. The number of rotatable bonds is 7. The first-order valence-electron chi connectivity index (χ1n) is 7.79. The van der Waals surface area contributed by atoms with Gasteiger partial charge in [0.2, 0.25) is 0 Å². The molecule has 0 fully saturated rings. The maximum atomic E-state index is 5.51. The lowest BCUT2D eigenvalue weighted by atomic mass is 9.96. The lowest BCUT2D eigenvalue weighted by molar-refractivity contribution is 0.218. The zero-order valence-corrected chi connectivity index (χ0v) is 14.8. The van der Waals surface area contributed by atoms with Gasteiger partial charge in [-0.25, -0.2) is 0 Å². The summed E-state index contributed by atoms with van der Waals surface area (Å²) in [6.07, 6.45) is 0. The quantitative estimate of drug-likeness (QED) is 0.830. The van der Waals surface area contributed by atoms with Gasteiger partial charge in [-0.2, -0.15) is 0 Å². The highest BCUT2D eigenvalue weighted by Gasteiger charge is 2.15. The molecule has 21 heavy (non-hydrogen) atoms. The van der Waals surface area contributed by atoms with Gasteiger partial charge in [-0.3, -0.25) is 0 Å². The van der Waals surface area contributed by atoms with Crippen molar-refractivity contribution in [2.75, 3.05) is 20.7 Å². The van der Waals surface area contributed by atoms with Crippen molar-refractivity contribution in [3.63, 3.8) is 0 Å². The van der Waals surface area contributed by atoms with E-state index in [1.165, 1.54) is 11.1 Å². The smallest absolute Gasteiger partial charge is 0.123 e. The highest BCUT2D eigenvalue weighted by atomic mass is 16.5. The molecule has 0 spiro atoms. The van der Waals surface area contributed by atoms with E-state index in [4.69, 9.17) is 4.74 Å². The van der Waals surface area contributed by atoms with E-state index in [9.17, 15) is 0 Å². The van der Waals surface area contributed by atoms with E-state index in [-0.39, 0.29) is 0 Å². The van der Waals surface area contributed by atoms with Gasteiger partial charge in [0.1, 0.15) is 5.75 Å². The Hall–Kier alpha value is -1.06. The second-order valence-electron chi connectivity index (χ2n) is 7.41. The van der Waals surface area contributed by atoms with Crippen LogP contribution in [-0.2, 0) is 13.1 Å². The molecular weight excluding hydrogens is 260 g/mol. The van der Waals surface area contributed by atoms with Crippen molar-refractivity contribution in [1.29, 1.82) is 0 Å². The fraction of sp³-hybridized carbons (Fsp3) is 0.667. The number of methoxy groups -OCH3 is 1. The monoisotopic (exact) mass is 292 g/mol. The van der Waals surface area contributed by atoms with Gasteiger partial charge in [-0.15, -0.1) is 0 Å². The van der Waals surface area contributed by atoms with Gasteiger partial charge < -0.3 is 15.0 Å². The Balaban J connectivity index is 2.80. The zero-order valence-electron chi connectivity index (χ0n) is 14.8. The second kappa shape index (κ2) is 7.81. The van der Waals surface area contributed by atoms with Crippen LogP contribution in [0.15, 0.2) is 18.2 Å². The Kier molecular flexibility index (Phi) is 6.69. The van der Waals surface area contributed by atoms with Crippen molar-refractivity contribution in [3.05, 3.63) is 29.3 Å². The molecule has 3 heteroatoms. The molecule has 1 aromatic rings. The largest absolute Gasteiger partial charge is 0.496 e. The summed E-state index contributed by atoms with van der Waals surface area (Å²) >= 11 is 0. The minimum Gasteiger partial charge on any atom is -0.496 e. The maximum Gasteiger partial charge on any atom is 0.123 e. The molecule has 0 atom stereocenters. The van der Waals surface area contributed by atoms with Gasteiger partial charge in [0.05, 0.1) is 7.11 Å². The highest BCUT2D eigenvalue weighted by Crippen LogP contribution is 2.23. The van der Waals surface area contributed by atoms with Crippen molar-refractivity contribution < 1.29 is 4.74 Å². The predicted octanol–water partition coefficient (Wildman–Crippen LogP) is 3.67. The molecule has 1 aromatic carbocycles. The van der Waals surface area contributed by atoms with Crippen molar-refractivity contribution in [3.8, 4) is 5.75 Å². The van der Waals surface area contributed by atoms with Crippen LogP contribution in [0.1, 0.15) is 45.7 Å². The van der Waals surface area contributed by atoms with Crippen LogP contribution in [0.2, 0.25) is 0 Å². The topological polar surface area (TPSA) is 24.5 Å². The van der Waals surface area contributed by atoms with Crippen molar-refractivity contribution in [1.82, 2.24) is 10.2 Å². The first kappa shape index (κ1) is 18.0. The van der Waals surface area contributed by atoms with E-state index in [0.717, 1.165) is 25.4 Å². The molecule has 0 aliphatic carbocycles. The number of nitrogens with zero attached hydrogens (tertiary/aromatic N) is 1. The van der Waals surface area contributed by atoms with Crippen LogP contribution in [0.4, 0.5) is 0 Å². The summed E-state index contributed by atoms with van der Waals surface area (Å²) in [4.78, 5) is 2.36.